The van der Waals surface area contributed by atoms with Gasteiger partial charge in [0.15, 0.2) is 0 Å². The molecule has 2 rings (SSSR count). The summed E-state index contributed by atoms with van der Waals surface area (Å²) in [5.74, 6) is 1.66. The molecule has 0 aromatic carbocycles. The minimum Gasteiger partial charge on any atom is -0.383 e. The van der Waals surface area contributed by atoms with Crippen LogP contribution < -0.4 is 5.73 Å². The van der Waals surface area contributed by atoms with E-state index in [1.165, 1.54) is 0 Å². The van der Waals surface area contributed by atoms with Crippen LogP contribution in [0.1, 0.15) is 18.4 Å². The molecule has 0 fully saturated rings. The first-order valence-electron chi connectivity index (χ1n) is 5.37. The molecule has 2 aromatic rings. The summed E-state index contributed by atoms with van der Waals surface area (Å²) >= 11 is 0. The Morgan fingerprint density at radius 3 is 2.50 bits per heavy atom. The fraction of sp³-hybridized carbons (Fsp3) is 0.455. The number of aromatic nitrogens is 4. The summed E-state index contributed by atoms with van der Waals surface area (Å²) in [5.41, 5.74) is 9.01. The quantitative estimate of drug-likeness (QED) is 0.832. The molecule has 0 aliphatic rings. The van der Waals surface area contributed by atoms with Gasteiger partial charge in [-0.25, -0.2) is 4.98 Å². The molecule has 2 heterocycles. The van der Waals surface area contributed by atoms with E-state index in [9.17, 15) is 0 Å². The highest BCUT2D eigenvalue weighted by Gasteiger charge is 2.16. The SMILES string of the molecule is CCn1c(C)nc(-c2cnn(C)c2C)c1N. The maximum atomic E-state index is 6.09. The molecule has 0 saturated carbocycles. The largest absolute Gasteiger partial charge is 0.383 e. The van der Waals surface area contributed by atoms with Crippen LogP contribution in [0.4, 0.5) is 5.82 Å². The number of nitrogens with zero attached hydrogens (tertiary/aromatic N) is 4. The fourth-order valence-corrected chi connectivity index (χ4v) is 1.91. The third-order valence-corrected chi connectivity index (χ3v) is 3.00. The standard InChI is InChI=1S/C11H17N5/c1-5-16-8(3)14-10(11(16)12)9-6-13-15(4)7(9)2/h6H,5,12H2,1-4H3. The second-order valence-electron chi connectivity index (χ2n) is 3.90. The Hall–Kier alpha value is -1.78. The van der Waals surface area contributed by atoms with Crippen molar-refractivity contribution in [2.24, 2.45) is 7.05 Å². The van der Waals surface area contributed by atoms with Crippen molar-refractivity contribution >= 4 is 5.82 Å². The molecule has 86 valence electrons. The van der Waals surface area contributed by atoms with E-state index in [-0.39, 0.29) is 0 Å². The summed E-state index contributed by atoms with van der Waals surface area (Å²) in [6.07, 6.45) is 1.81. The average Bonchev–Trinajstić information content (AvgIpc) is 2.70. The Labute approximate surface area is 94.9 Å². The van der Waals surface area contributed by atoms with Gasteiger partial charge in [0.05, 0.1) is 6.20 Å². The van der Waals surface area contributed by atoms with Crippen LogP contribution in [0.3, 0.4) is 0 Å². The molecule has 0 radical (unpaired) electrons. The minimum absolute atomic E-state index is 0.719. The average molecular weight is 219 g/mol. The van der Waals surface area contributed by atoms with Crippen LogP contribution >= 0.6 is 0 Å². The molecule has 0 amide bonds. The molecule has 0 saturated heterocycles. The predicted molar refractivity (Wildman–Crippen MR) is 64.0 cm³/mol. The molecule has 0 aliphatic heterocycles. The molecular weight excluding hydrogens is 202 g/mol. The number of hydrogen-bond acceptors (Lipinski definition) is 3. The van der Waals surface area contributed by atoms with Crippen LogP contribution in [0.2, 0.25) is 0 Å². The van der Waals surface area contributed by atoms with Crippen LogP contribution in [0.25, 0.3) is 11.3 Å². The number of anilines is 1. The van der Waals surface area contributed by atoms with Gasteiger partial charge >= 0.3 is 0 Å². The summed E-state index contributed by atoms with van der Waals surface area (Å²) in [7, 11) is 1.92. The maximum absolute atomic E-state index is 6.09. The van der Waals surface area contributed by atoms with Crippen LogP contribution in [-0.2, 0) is 13.6 Å². The van der Waals surface area contributed by atoms with E-state index in [0.29, 0.717) is 0 Å². The topological polar surface area (TPSA) is 61.7 Å². The van der Waals surface area contributed by atoms with E-state index in [4.69, 9.17) is 5.73 Å². The van der Waals surface area contributed by atoms with E-state index < -0.39 is 0 Å². The molecular formula is C11H17N5. The van der Waals surface area contributed by atoms with Gasteiger partial charge in [-0.3, -0.25) is 4.68 Å². The number of hydrogen-bond donors (Lipinski definition) is 1. The van der Waals surface area contributed by atoms with Crippen molar-refractivity contribution in [2.45, 2.75) is 27.3 Å². The molecule has 0 bridgehead atoms. The van der Waals surface area contributed by atoms with Gasteiger partial charge in [0, 0.05) is 24.8 Å². The normalized spacial score (nSPS) is 11.0. The Kier molecular flexibility index (Phi) is 2.46. The first-order chi connectivity index (χ1) is 7.56. The fourth-order valence-electron chi connectivity index (χ4n) is 1.91. The molecule has 0 spiro atoms. The van der Waals surface area contributed by atoms with E-state index in [2.05, 4.69) is 17.0 Å². The van der Waals surface area contributed by atoms with Gasteiger partial charge in [-0.1, -0.05) is 0 Å². The predicted octanol–water partition coefficient (Wildman–Crippen LogP) is 1.50. The summed E-state index contributed by atoms with van der Waals surface area (Å²) in [6, 6.07) is 0. The lowest BCUT2D eigenvalue weighted by molar-refractivity contribution is 0.739. The number of imidazole rings is 1. The van der Waals surface area contributed by atoms with E-state index in [1.807, 2.05) is 36.3 Å². The monoisotopic (exact) mass is 219 g/mol. The van der Waals surface area contributed by atoms with Gasteiger partial charge in [0.2, 0.25) is 0 Å². The molecule has 0 unspecified atom stereocenters. The molecule has 16 heavy (non-hydrogen) atoms. The van der Waals surface area contributed by atoms with Gasteiger partial charge in [0.25, 0.3) is 0 Å². The number of rotatable bonds is 2. The Morgan fingerprint density at radius 2 is 2.06 bits per heavy atom. The minimum atomic E-state index is 0.719. The van der Waals surface area contributed by atoms with E-state index >= 15 is 0 Å². The second kappa shape index (κ2) is 3.66. The van der Waals surface area contributed by atoms with Gasteiger partial charge in [-0.05, 0) is 20.8 Å². The van der Waals surface area contributed by atoms with Crippen LogP contribution in [0.5, 0.6) is 0 Å². The summed E-state index contributed by atoms with van der Waals surface area (Å²) < 4.78 is 3.83. The molecule has 0 aliphatic carbocycles. The summed E-state index contributed by atoms with van der Waals surface area (Å²) in [4.78, 5) is 4.51. The summed E-state index contributed by atoms with van der Waals surface area (Å²) in [5, 5.41) is 4.21. The zero-order valence-electron chi connectivity index (χ0n) is 10.2. The smallest absolute Gasteiger partial charge is 0.131 e. The van der Waals surface area contributed by atoms with Crippen molar-refractivity contribution in [3.63, 3.8) is 0 Å². The van der Waals surface area contributed by atoms with Gasteiger partial charge in [-0.15, -0.1) is 0 Å². The van der Waals surface area contributed by atoms with Crippen molar-refractivity contribution < 1.29 is 0 Å². The molecule has 5 nitrogen and oxygen atoms in total. The third kappa shape index (κ3) is 1.39. The molecule has 5 heteroatoms. The summed E-state index contributed by atoms with van der Waals surface area (Å²) in [6.45, 7) is 6.88. The highest BCUT2D eigenvalue weighted by atomic mass is 15.3. The van der Waals surface area contributed by atoms with E-state index in [1.54, 1.807) is 0 Å². The first-order valence-corrected chi connectivity index (χ1v) is 5.37. The lowest BCUT2D eigenvalue weighted by atomic mass is 10.2. The van der Waals surface area contributed by atoms with Crippen LogP contribution in [0, 0.1) is 13.8 Å². The van der Waals surface area contributed by atoms with Gasteiger partial charge in [0.1, 0.15) is 17.3 Å². The number of nitrogen functional groups attached to an aromatic ring is 1. The second-order valence-corrected chi connectivity index (χ2v) is 3.90. The van der Waals surface area contributed by atoms with Crippen molar-refractivity contribution in [3.8, 4) is 11.3 Å². The highest BCUT2D eigenvalue weighted by Crippen LogP contribution is 2.28. The van der Waals surface area contributed by atoms with E-state index in [0.717, 1.165) is 35.1 Å². The van der Waals surface area contributed by atoms with Crippen molar-refractivity contribution in [2.75, 3.05) is 5.73 Å². The van der Waals surface area contributed by atoms with Crippen LogP contribution in [0.15, 0.2) is 6.20 Å². The highest BCUT2D eigenvalue weighted by molar-refractivity contribution is 5.72. The molecule has 2 N–H and O–H groups in total. The molecule has 0 atom stereocenters. The maximum Gasteiger partial charge on any atom is 0.131 e. The Morgan fingerprint density at radius 1 is 1.38 bits per heavy atom. The number of aryl methyl sites for hydroxylation is 2. The van der Waals surface area contributed by atoms with Crippen molar-refractivity contribution in [1.29, 1.82) is 0 Å². The lowest BCUT2D eigenvalue weighted by Crippen LogP contribution is -2.02. The zero-order chi connectivity index (χ0) is 11.9. The Bertz CT molecular complexity index is 521. The Balaban J connectivity index is 2.61. The van der Waals surface area contributed by atoms with Crippen LogP contribution in [-0.4, -0.2) is 19.3 Å². The van der Waals surface area contributed by atoms with Crippen molar-refractivity contribution in [1.82, 2.24) is 19.3 Å². The molecule has 2 aromatic heterocycles. The lowest BCUT2D eigenvalue weighted by Gasteiger charge is -2.03. The van der Waals surface area contributed by atoms with Gasteiger partial charge < -0.3 is 10.3 Å². The van der Waals surface area contributed by atoms with Crippen molar-refractivity contribution in [3.05, 3.63) is 17.7 Å². The first kappa shape index (κ1) is 10.7. The zero-order valence-corrected chi connectivity index (χ0v) is 10.2. The third-order valence-electron chi connectivity index (χ3n) is 3.00. The van der Waals surface area contributed by atoms with Gasteiger partial charge in [-0.2, -0.15) is 5.10 Å². The number of nitrogens with two attached hydrogens (primary N) is 1.